The molecule has 0 radical (unpaired) electrons. The van der Waals surface area contributed by atoms with Gasteiger partial charge in [0, 0.05) is 24.9 Å². The highest BCUT2D eigenvalue weighted by Crippen LogP contribution is 2.03. The van der Waals surface area contributed by atoms with Crippen LogP contribution in [0.3, 0.4) is 0 Å². The van der Waals surface area contributed by atoms with Crippen molar-refractivity contribution in [3.05, 3.63) is 12.3 Å². The Morgan fingerprint density at radius 2 is 2.67 bits per heavy atom. The van der Waals surface area contributed by atoms with E-state index in [1.807, 2.05) is 12.3 Å². The maximum absolute atomic E-state index is 8.28. The molecule has 1 rings (SSSR count). The molecule has 0 amide bonds. The van der Waals surface area contributed by atoms with E-state index in [1.165, 1.54) is 0 Å². The van der Waals surface area contributed by atoms with Gasteiger partial charge >= 0.3 is 0 Å². The topological polar surface area (TPSA) is 44.6 Å². The lowest BCUT2D eigenvalue weighted by Gasteiger charge is -2.08. The largest absolute Gasteiger partial charge is 0.317 e. The van der Waals surface area contributed by atoms with Crippen molar-refractivity contribution in [1.29, 1.82) is 0 Å². The molecular formula is C6H10N2O. The minimum atomic E-state index is 0.361. The van der Waals surface area contributed by atoms with Gasteiger partial charge in [-0.3, -0.25) is 4.99 Å². The summed E-state index contributed by atoms with van der Waals surface area (Å²) in [4.78, 5) is 3.92. The quantitative estimate of drug-likeness (QED) is 0.531. The summed E-state index contributed by atoms with van der Waals surface area (Å²) in [5.41, 5.74) is 2.11. The number of nitrogens with zero attached hydrogens (tertiary/aromatic N) is 1. The van der Waals surface area contributed by atoms with Gasteiger partial charge < -0.3 is 5.21 Å². The highest BCUT2D eigenvalue weighted by Gasteiger charge is 2.03. The predicted molar refractivity (Wildman–Crippen MR) is 35.5 cm³/mol. The molecule has 1 unspecified atom stereocenters. The first kappa shape index (κ1) is 6.45. The fraction of sp³-hybridized carbons (Fsp3) is 0.500. The Balaban J connectivity index is 2.28. The standard InChI is InChI=1S/C6H10N2O/c9-8-5-6-2-1-3-7-4-6/h1,3-4,6,8-9H,2,5H2. The Morgan fingerprint density at radius 3 is 3.22 bits per heavy atom. The molecule has 0 bridgehead atoms. The predicted octanol–water partition coefficient (Wildman–Crippen LogP) is 0.570. The van der Waals surface area contributed by atoms with E-state index in [2.05, 4.69) is 10.5 Å². The Kier molecular flexibility index (Phi) is 2.42. The van der Waals surface area contributed by atoms with Crippen LogP contribution in [-0.2, 0) is 0 Å². The van der Waals surface area contributed by atoms with Gasteiger partial charge in [-0.2, -0.15) is 0 Å². The average molecular weight is 126 g/mol. The smallest absolute Gasteiger partial charge is 0.0288 e. The maximum atomic E-state index is 8.28. The lowest BCUT2D eigenvalue weighted by molar-refractivity contribution is 0.159. The van der Waals surface area contributed by atoms with Crippen molar-refractivity contribution in [3.63, 3.8) is 0 Å². The van der Waals surface area contributed by atoms with Crippen LogP contribution in [0, 0.1) is 5.92 Å². The van der Waals surface area contributed by atoms with Gasteiger partial charge in [0.1, 0.15) is 0 Å². The van der Waals surface area contributed by atoms with Crippen molar-refractivity contribution in [2.75, 3.05) is 6.54 Å². The summed E-state index contributed by atoms with van der Waals surface area (Å²) in [6, 6.07) is 0. The molecule has 1 aliphatic rings. The van der Waals surface area contributed by atoms with Gasteiger partial charge in [-0.05, 0) is 6.42 Å². The van der Waals surface area contributed by atoms with Crippen LogP contribution in [0.1, 0.15) is 6.42 Å². The molecule has 1 atom stereocenters. The molecule has 0 aromatic heterocycles. The van der Waals surface area contributed by atoms with Crippen LogP contribution in [0.15, 0.2) is 17.3 Å². The number of hydrogen-bond acceptors (Lipinski definition) is 3. The van der Waals surface area contributed by atoms with Crippen molar-refractivity contribution >= 4 is 6.21 Å². The first-order chi connectivity index (χ1) is 4.43. The van der Waals surface area contributed by atoms with E-state index < -0.39 is 0 Å². The molecule has 1 heterocycles. The van der Waals surface area contributed by atoms with Crippen molar-refractivity contribution in [1.82, 2.24) is 5.48 Å². The third-order valence-corrected chi connectivity index (χ3v) is 1.28. The Morgan fingerprint density at radius 1 is 1.78 bits per heavy atom. The molecular weight excluding hydrogens is 116 g/mol. The number of allylic oxidation sites excluding steroid dienone is 1. The number of aliphatic imine (C=N–C) groups is 1. The molecule has 0 saturated heterocycles. The lowest BCUT2D eigenvalue weighted by atomic mass is 10.1. The van der Waals surface area contributed by atoms with E-state index in [-0.39, 0.29) is 0 Å². The van der Waals surface area contributed by atoms with Crippen LogP contribution in [-0.4, -0.2) is 18.0 Å². The molecule has 1 aliphatic heterocycles. The third kappa shape index (κ3) is 1.95. The van der Waals surface area contributed by atoms with Gasteiger partial charge in [-0.25, -0.2) is 5.48 Å². The van der Waals surface area contributed by atoms with E-state index in [4.69, 9.17) is 5.21 Å². The highest BCUT2D eigenvalue weighted by atomic mass is 16.5. The molecule has 2 N–H and O–H groups in total. The summed E-state index contributed by atoms with van der Waals surface area (Å²) in [6.45, 7) is 0.591. The number of hydroxylamine groups is 1. The van der Waals surface area contributed by atoms with Crippen LogP contribution in [0.2, 0.25) is 0 Å². The second-order valence-electron chi connectivity index (χ2n) is 2.04. The van der Waals surface area contributed by atoms with Crippen molar-refractivity contribution < 1.29 is 5.21 Å². The minimum absolute atomic E-state index is 0.361. The second-order valence-corrected chi connectivity index (χ2v) is 2.04. The zero-order valence-corrected chi connectivity index (χ0v) is 5.12. The Bertz CT molecular complexity index is 131. The lowest BCUT2D eigenvalue weighted by Crippen LogP contribution is -2.20. The fourth-order valence-corrected chi connectivity index (χ4v) is 0.782. The zero-order chi connectivity index (χ0) is 6.53. The summed E-state index contributed by atoms with van der Waals surface area (Å²) in [5, 5.41) is 8.28. The summed E-state index contributed by atoms with van der Waals surface area (Å²) in [5.74, 6) is 0.361. The van der Waals surface area contributed by atoms with Crippen LogP contribution in [0.4, 0.5) is 0 Å². The Labute approximate surface area is 54.1 Å². The fourth-order valence-electron chi connectivity index (χ4n) is 0.782. The van der Waals surface area contributed by atoms with Crippen molar-refractivity contribution in [2.24, 2.45) is 10.9 Å². The SMILES string of the molecule is ONCC1C=NC=CC1. The zero-order valence-electron chi connectivity index (χ0n) is 5.12. The normalized spacial score (nSPS) is 24.8. The molecule has 0 spiro atoms. The van der Waals surface area contributed by atoms with Gasteiger partial charge in [-0.1, -0.05) is 6.08 Å². The number of nitrogens with one attached hydrogen (secondary N) is 1. The van der Waals surface area contributed by atoms with Crippen LogP contribution in [0.25, 0.3) is 0 Å². The Hall–Kier alpha value is -0.670. The summed E-state index contributed by atoms with van der Waals surface area (Å²) < 4.78 is 0. The molecule has 0 aromatic rings. The van der Waals surface area contributed by atoms with Gasteiger partial charge in [0.05, 0.1) is 0 Å². The maximum Gasteiger partial charge on any atom is 0.0288 e. The van der Waals surface area contributed by atoms with Gasteiger partial charge in [-0.15, -0.1) is 0 Å². The van der Waals surface area contributed by atoms with Crippen molar-refractivity contribution in [2.45, 2.75) is 6.42 Å². The molecule has 9 heavy (non-hydrogen) atoms. The molecule has 3 heteroatoms. The van der Waals surface area contributed by atoms with Crippen LogP contribution >= 0.6 is 0 Å². The third-order valence-electron chi connectivity index (χ3n) is 1.28. The second kappa shape index (κ2) is 3.37. The van der Waals surface area contributed by atoms with Crippen LogP contribution < -0.4 is 5.48 Å². The van der Waals surface area contributed by atoms with E-state index >= 15 is 0 Å². The molecule has 0 fully saturated rings. The van der Waals surface area contributed by atoms with Gasteiger partial charge in [0.25, 0.3) is 0 Å². The molecule has 0 aromatic carbocycles. The molecule has 0 saturated carbocycles. The number of hydrogen-bond donors (Lipinski definition) is 2. The summed E-state index contributed by atoms with van der Waals surface area (Å²) in [6.07, 6.45) is 6.57. The van der Waals surface area contributed by atoms with E-state index in [0.29, 0.717) is 12.5 Å². The number of rotatable bonds is 2. The molecule has 3 nitrogen and oxygen atoms in total. The summed E-state index contributed by atoms with van der Waals surface area (Å²) in [7, 11) is 0. The van der Waals surface area contributed by atoms with Gasteiger partial charge in [0.15, 0.2) is 0 Å². The average Bonchev–Trinajstić information content (AvgIpc) is 1.91. The summed E-state index contributed by atoms with van der Waals surface area (Å²) >= 11 is 0. The van der Waals surface area contributed by atoms with Crippen molar-refractivity contribution in [3.8, 4) is 0 Å². The van der Waals surface area contributed by atoms with Crippen LogP contribution in [0.5, 0.6) is 0 Å². The first-order valence-corrected chi connectivity index (χ1v) is 2.98. The minimum Gasteiger partial charge on any atom is -0.317 e. The highest BCUT2D eigenvalue weighted by molar-refractivity contribution is 5.63. The molecule has 0 aliphatic carbocycles. The van der Waals surface area contributed by atoms with E-state index in [0.717, 1.165) is 6.42 Å². The van der Waals surface area contributed by atoms with Gasteiger partial charge in [0.2, 0.25) is 0 Å². The monoisotopic (exact) mass is 126 g/mol. The first-order valence-electron chi connectivity index (χ1n) is 2.98. The molecule has 50 valence electrons. The van der Waals surface area contributed by atoms with E-state index in [9.17, 15) is 0 Å². The van der Waals surface area contributed by atoms with E-state index in [1.54, 1.807) is 6.20 Å².